The Morgan fingerprint density at radius 1 is 1.53 bits per heavy atom. The van der Waals surface area contributed by atoms with Crippen LogP contribution in [-0.2, 0) is 0 Å². The summed E-state index contributed by atoms with van der Waals surface area (Å²) in [7, 11) is 0. The second-order valence-electron chi connectivity index (χ2n) is 3.78. The van der Waals surface area contributed by atoms with Gasteiger partial charge in [0.2, 0.25) is 5.13 Å². The minimum atomic E-state index is 0.627. The second-order valence-corrected chi connectivity index (χ2v) is 5.55. The van der Waals surface area contributed by atoms with Crippen molar-refractivity contribution in [2.45, 2.75) is 13.8 Å². The number of aromatic nitrogens is 1. The van der Waals surface area contributed by atoms with Crippen LogP contribution >= 0.6 is 27.3 Å². The fourth-order valence-corrected chi connectivity index (χ4v) is 2.49. The van der Waals surface area contributed by atoms with E-state index in [4.69, 9.17) is 4.74 Å². The van der Waals surface area contributed by atoms with Crippen LogP contribution in [0.25, 0.3) is 0 Å². The summed E-state index contributed by atoms with van der Waals surface area (Å²) in [6.45, 7) is 4.54. The second kappa shape index (κ2) is 6.68. The fraction of sp³-hybridized carbons (Fsp3) is 0.231. The average molecular weight is 340 g/mol. The Kier molecular flexibility index (Phi) is 4.93. The Balaban J connectivity index is 2.10. The van der Waals surface area contributed by atoms with Crippen molar-refractivity contribution >= 4 is 38.6 Å². The predicted molar refractivity (Wildman–Crippen MR) is 83.4 cm³/mol. The lowest BCUT2D eigenvalue weighted by Crippen LogP contribution is -1.97. The number of anilines is 1. The summed E-state index contributed by atoms with van der Waals surface area (Å²) < 4.78 is 6.53. The van der Waals surface area contributed by atoms with Crippen LogP contribution in [0.5, 0.6) is 5.75 Å². The molecule has 1 aromatic carbocycles. The van der Waals surface area contributed by atoms with E-state index >= 15 is 0 Å². The van der Waals surface area contributed by atoms with Gasteiger partial charge in [-0.05, 0) is 32.0 Å². The molecule has 0 fully saturated rings. The summed E-state index contributed by atoms with van der Waals surface area (Å²) in [5.74, 6) is 0.812. The minimum Gasteiger partial charge on any atom is -0.493 e. The molecule has 0 aliphatic carbocycles. The van der Waals surface area contributed by atoms with Gasteiger partial charge in [-0.3, -0.25) is 5.43 Å². The summed E-state index contributed by atoms with van der Waals surface area (Å²) in [5, 5.41) is 6.94. The smallest absolute Gasteiger partial charge is 0.203 e. The van der Waals surface area contributed by atoms with Gasteiger partial charge in [0, 0.05) is 15.4 Å². The topological polar surface area (TPSA) is 46.5 Å². The van der Waals surface area contributed by atoms with Gasteiger partial charge < -0.3 is 4.74 Å². The number of aryl methyl sites for hydroxylation is 1. The third-order valence-corrected chi connectivity index (χ3v) is 3.61. The Morgan fingerprint density at radius 2 is 2.37 bits per heavy atom. The molecule has 0 atom stereocenters. The molecule has 2 aromatic rings. The van der Waals surface area contributed by atoms with Crippen LogP contribution in [0.15, 0.2) is 33.2 Å². The average Bonchev–Trinajstić information content (AvgIpc) is 2.79. The van der Waals surface area contributed by atoms with Crippen molar-refractivity contribution in [2.75, 3.05) is 12.0 Å². The Bertz CT molecular complexity index is 583. The van der Waals surface area contributed by atoms with E-state index in [-0.39, 0.29) is 0 Å². The molecule has 6 heteroatoms. The van der Waals surface area contributed by atoms with Gasteiger partial charge in [-0.2, -0.15) is 5.10 Å². The van der Waals surface area contributed by atoms with Gasteiger partial charge in [0.25, 0.3) is 0 Å². The first-order valence-corrected chi connectivity index (χ1v) is 7.50. The van der Waals surface area contributed by atoms with Crippen LogP contribution < -0.4 is 10.2 Å². The van der Waals surface area contributed by atoms with E-state index in [1.165, 1.54) is 11.3 Å². The lowest BCUT2D eigenvalue weighted by Gasteiger charge is -2.06. The van der Waals surface area contributed by atoms with Crippen LogP contribution in [0.4, 0.5) is 5.13 Å². The standard InChI is InChI=1S/C13H14BrN3OS/c1-3-18-12-5-4-11(14)6-10(12)7-15-17-13-16-9(2)8-19-13/h4-8H,3H2,1-2H3,(H,16,17)/b15-7+. The molecule has 0 aliphatic heterocycles. The Labute approximate surface area is 124 Å². The normalized spacial score (nSPS) is 10.9. The van der Waals surface area contributed by atoms with Gasteiger partial charge in [-0.25, -0.2) is 4.98 Å². The molecule has 0 bridgehead atoms. The highest BCUT2D eigenvalue weighted by Gasteiger charge is 2.02. The van der Waals surface area contributed by atoms with Crippen molar-refractivity contribution < 1.29 is 4.74 Å². The molecule has 1 aromatic heterocycles. The van der Waals surface area contributed by atoms with E-state index in [1.54, 1.807) is 6.21 Å². The molecule has 0 radical (unpaired) electrons. The zero-order valence-corrected chi connectivity index (χ0v) is 13.1. The quantitative estimate of drug-likeness (QED) is 0.660. The van der Waals surface area contributed by atoms with Gasteiger partial charge in [-0.1, -0.05) is 15.9 Å². The van der Waals surface area contributed by atoms with Crippen molar-refractivity contribution in [3.8, 4) is 5.75 Å². The van der Waals surface area contributed by atoms with E-state index < -0.39 is 0 Å². The van der Waals surface area contributed by atoms with Crippen molar-refractivity contribution in [3.05, 3.63) is 39.3 Å². The number of hydrogen-bond acceptors (Lipinski definition) is 5. The van der Waals surface area contributed by atoms with Crippen molar-refractivity contribution in [3.63, 3.8) is 0 Å². The first-order valence-electron chi connectivity index (χ1n) is 5.82. The highest BCUT2D eigenvalue weighted by molar-refractivity contribution is 9.10. The third kappa shape index (κ3) is 4.04. The summed E-state index contributed by atoms with van der Waals surface area (Å²) in [4.78, 5) is 4.27. The van der Waals surface area contributed by atoms with Gasteiger partial charge in [-0.15, -0.1) is 11.3 Å². The first kappa shape index (κ1) is 14.0. The minimum absolute atomic E-state index is 0.627. The zero-order valence-electron chi connectivity index (χ0n) is 10.7. The molecule has 1 heterocycles. The van der Waals surface area contributed by atoms with Gasteiger partial charge in [0.05, 0.1) is 18.5 Å². The van der Waals surface area contributed by atoms with E-state index in [2.05, 4.69) is 31.4 Å². The molecule has 0 unspecified atom stereocenters. The number of nitrogens with zero attached hydrogens (tertiary/aromatic N) is 2. The first-order chi connectivity index (χ1) is 9.19. The largest absolute Gasteiger partial charge is 0.493 e. The molecule has 100 valence electrons. The maximum atomic E-state index is 5.55. The number of halogens is 1. The highest BCUT2D eigenvalue weighted by atomic mass is 79.9. The van der Waals surface area contributed by atoms with Gasteiger partial charge in [0.15, 0.2) is 0 Å². The van der Waals surface area contributed by atoms with Crippen LogP contribution in [0, 0.1) is 6.92 Å². The van der Waals surface area contributed by atoms with Crippen LogP contribution in [-0.4, -0.2) is 17.8 Å². The van der Waals surface area contributed by atoms with Crippen LogP contribution in [0.2, 0.25) is 0 Å². The SMILES string of the molecule is CCOc1ccc(Br)cc1/C=N/Nc1nc(C)cs1. The summed E-state index contributed by atoms with van der Waals surface area (Å²) in [6.07, 6.45) is 1.73. The molecule has 2 rings (SSSR count). The number of ether oxygens (including phenoxy) is 1. The third-order valence-electron chi connectivity index (χ3n) is 2.25. The molecule has 0 spiro atoms. The number of hydrazone groups is 1. The maximum Gasteiger partial charge on any atom is 0.203 e. The monoisotopic (exact) mass is 339 g/mol. The zero-order chi connectivity index (χ0) is 13.7. The number of hydrogen-bond donors (Lipinski definition) is 1. The van der Waals surface area contributed by atoms with E-state index in [1.807, 2.05) is 37.4 Å². The number of thiazole rings is 1. The summed E-state index contributed by atoms with van der Waals surface area (Å²) in [6, 6.07) is 5.83. The molecule has 0 aliphatic rings. The van der Waals surface area contributed by atoms with E-state index in [0.29, 0.717) is 6.61 Å². The molecular weight excluding hydrogens is 326 g/mol. The Hall–Kier alpha value is -1.40. The number of nitrogens with one attached hydrogen (secondary N) is 1. The highest BCUT2D eigenvalue weighted by Crippen LogP contribution is 2.22. The lowest BCUT2D eigenvalue weighted by atomic mass is 10.2. The number of benzene rings is 1. The maximum absolute atomic E-state index is 5.55. The summed E-state index contributed by atoms with van der Waals surface area (Å²) in [5.41, 5.74) is 4.81. The number of rotatable bonds is 5. The van der Waals surface area contributed by atoms with E-state index in [0.717, 1.165) is 26.6 Å². The lowest BCUT2D eigenvalue weighted by molar-refractivity contribution is 0.339. The fourth-order valence-electron chi connectivity index (χ4n) is 1.47. The van der Waals surface area contributed by atoms with Gasteiger partial charge in [0.1, 0.15) is 5.75 Å². The van der Waals surface area contributed by atoms with Gasteiger partial charge >= 0.3 is 0 Å². The van der Waals surface area contributed by atoms with Crippen molar-refractivity contribution in [1.82, 2.24) is 4.98 Å². The molecule has 0 saturated heterocycles. The van der Waals surface area contributed by atoms with E-state index in [9.17, 15) is 0 Å². The molecule has 4 nitrogen and oxygen atoms in total. The van der Waals surface area contributed by atoms with Crippen LogP contribution in [0.3, 0.4) is 0 Å². The van der Waals surface area contributed by atoms with Crippen LogP contribution in [0.1, 0.15) is 18.2 Å². The van der Waals surface area contributed by atoms with Crippen molar-refractivity contribution in [1.29, 1.82) is 0 Å². The predicted octanol–water partition coefficient (Wildman–Crippen LogP) is 4.06. The Morgan fingerprint density at radius 3 is 3.05 bits per heavy atom. The van der Waals surface area contributed by atoms with Crippen molar-refractivity contribution in [2.24, 2.45) is 5.10 Å². The molecule has 0 amide bonds. The summed E-state index contributed by atoms with van der Waals surface area (Å²) >= 11 is 4.97. The molecular formula is C13H14BrN3OS. The molecule has 19 heavy (non-hydrogen) atoms. The molecule has 0 saturated carbocycles. The molecule has 1 N–H and O–H groups in total.